The summed E-state index contributed by atoms with van der Waals surface area (Å²) in [6.45, 7) is 1.03. The number of hydrogen-bond donors (Lipinski definition) is 0. The van der Waals surface area contributed by atoms with Crippen LogP contribution >= 0.6 is 11.8 Å². The molecular weight excluding hydrogens is 361 g/mol. The molecule has 26 heavy (non-hydrogen) atoms. The molecule has 0 spiro atoms. The van der Waals surface area contributed by atoms with Gasteiger partial charge in [-0.2, -0.15) is 0 Å². The summed E-state index contributed by atoms with van der Waals surface area (Å²) in [7, 11) is 1.37. The summed E-state index contributed by atoms with van der Waals surface area (Å²) in [6.07, 6.45) is 1.20. The molecule has 1 saturated heterocycles. The van der Waals surface area contributed by atoms with Gasteiger partial charge in [-0.15, -0.1) is 10.2 Å². The first kappa shape index (κ1) is 18.4. The number of benzene rings is 1. The van der Waals surface area contributed by atoms with Crippen molar-refractivity contribution in [1.82, 2.24) is 15.1 Å². The highest BCUT2D eigenvalue weighted by atomic mass is 32.2. The Morgan fingerprint density at radius 3 is 2.73 bits per heavy atom. The Kier molecular flexibility index (Phi) is 5.87. The van der Waals surface area contributed by atoms with Crippen molar-refractivity contribution < 1.29 is 23.1 Å². The Hall–Kier alpha value is -2.42. The van der Waals surface area contributed by atoms with Crippen LogP contribution in [0.2, 0.25) is 0 Å². The molecule has 2 heterocycles. The second-order valence-corrected chi connectivity index (χ2v) is 6.75. The van der Waals surface area contributed by atoms with Gasteiger partial charge in [-0.05, 0) is 25.0 Å². The van der Waals surface area contributed by atoms with E-state index in [2.05, 4.69) is 10.2 Å². The number of aromatic nitrogens is 2. The second kappa shape index (κ2) is 8.31. The maximum absolute atomic E-state index is 13.7. The molecule has 1 aliphatic heterocycles. The van der Waals surface area contributed by atoms with Gasteiger partial charge >= 0.3 is 5.97 Å². The van der Waals surface area contributed by atoms with Crippen LogP contribution < -0.4 is 0 Å². The number of nitrogens with zero attached hydrogens (tertiary/aromatic N) is 3. The molecule has 0 N–H and O–H groups in total. The first-order chi connectivity index (χ1) is 12.6. The highest BCUT2D eigenvalue weighted by Crippen LogP contribution is 2.26. The van der Waals surface area contributed by atoms with E-state index >= 15 is 0 Å². The molecule has 0 unspecified atom stereocenters. The van der Waals surface area contributed by atoms with Crippen molar-refractivity contribution in [3.63, 3.8) is 0 Å². The van der Waals surface area contributed by atoms with Crippen molar-refractivity contribution in [2.75, 3.05) is 26.0 Å². The minimum Gasteiger partial charge on any atom is -0.469 e. The van der Waals surface area contributed by atoms with E-state index in [1.54, 1.807) is 23.1 Å². The molecule has 1 amide bonds. The monoisotopic (exact) mass is 379 g/mol. The molecule has 0 atom stereocenters. The summed E-state index contributed by atoms with van der Waals surface area (Å²) in [5, 5.41) is 7.88. The zero-order valence-electron chi connectivity index (χ0n) is 14.2. The maximum Gasteiger partial charge on any atom is 0.308 e. The first-order valence-corrected chi connectivity index (χ1v) is 9.14. The molecule has 3 rings (SSSR count). The van der Waals surface area contributed by atoms with Crippen molar-refractivity contribution in [3.05, 3.63) is 30.1 Å². The molecular formula is C17H18FN3O4S. The molecule has 0 aliphatic carbocycles. The van der Waals surface area contributed by atoms with Gasteiger partial charge in [0.05, 0.1) is 24.3 Å². The van der Waals surface area contributed by atoms with Gasteiger partial charge in [-0.25, -0.2) is 4.39 Å². The number of rotatable bonds is 5. The number of carbonyl (C=O) groups excluding carboxylic acids is 2. The minimum absolute atomic E-state index is 0.0658. The first-order valence-electron chi connectivity index (χ1n) is 8.15. The minimum atomic E-state index is -0.447. The van der Waals surface area contributed by atoms with Crippen LogP contribution in [0.15, 0.2) is 33.9 Å². The van der Waals surface area contributed by atoms with Crippen LogP contribution in [-0.2, 0) is 14.3 Å². The van der Waals surface area contributed by atoms with E-state index in [0.717, 1.165) is 11.8 Å². The fraction of sp³-hybridized carbons (Fsp3) is 0.412. The molecule has 1 aromatic carbocycles. The van der Waals surface area contributed by atoms with E-state index in [4.69, 9.17) is 9.15 Å². The lowest BCUT2D eigenvalue weighted by Crippen LogP contribution is -2.41. The Labute approximate surface area is 153 Å². The third kappa shape index (κ3) is 4.21. The van der Waals surface area contributed by atoms with Crippen LogP contribution in [-0.4, -0.2) is 52.9 Å². The number of ether oxygens (including phenoxy) is 1. The molecule has 2 aromatic rings. The fourth-order valence-corrected chi connectivity index (χ4v) is 3.42. The van der Waals surface area contributed by atoms with Gasteiger partial charge in [0, 0.05) is 13.1 Å². The Bertz CT molecular complexity index is 790. The third-order valence-electron chi connectivity index (χ3n) is 4.21. The van der Waals surface area contributed by atoms with E-state index < -0.39 is 5.82 Å². The number of likely N-dealkylation sites (tertiary alicyclic amines) is 1. The van der Waals surface area contributed by atoms with Gasteiger partial charge in [0.1, 0.15) is 5.82 Å². The van der Waals surface area contributed by atoms with Crippen molar-refractivity contribution in [2.45, 2.75) is 18.1 Å². The SMILES string of the molecule is COC(=O)C1CCN(C(=O)CSc2nnc(-c3ccccc3F)o2)CC1. The van der Waals surface area contributed by atoms with E-state index in [1.165, 1.54) is 13.2 Å². The average molecular weight is 379 g/mol. The summed E-state index contributed by atoms with van der Waals surface area (Å²) >= 11 is 1.11. The van der Waals surface area contributed by atoms with Gasteiger partial charge in [0.2, 0.25) is 5.91 Å². The van der Waals surface area contributed by atoms with Gasteiger partial charge in [-0.1, -0.05) is 23.9 Å². The van der Waals surface area contributed by atoms with E-state index in [-0.39, 0.29) is 40.2 Å². The average Bonchev–Trinajstić information content (AvgIpc) is 3.14. The lowest BCUT2D eigenvalue weighted by atomic mass is 9.97. The maximum atomic E-state index is 13.7. The zero-order valence-corrected chi connectivity index (χ0v) is 15.0. The van der Waals surface area contributed by atoms with Crippen molar-refractivity contribution in [3.8, 4) is 11.5 Å². The van der Waals surface area contributed by atoms with Crippen LogP contribution in [0.5, 0.6) is 0 Å². The smallest absolute Gasteiger partial charge is 0.308 e. The standard InChI is InChI=1S/C17H18FN3O4S/c1-24-16(23)11-6-8-21(9-7-11)14(22)10-26-17-20-19-15(25-17)12-4-2-3-5-13(12)18/h2-5,11H,6-10H2,1H3. The largest absolute Gasteiger partial charge is 0.469 e. The van der Waals surface area contributed by atoms with Gasteiger partial charge < -0.3 is 14.1 Å². The van der Waals surface area contributed by atoms with Gasteiger partial charge in [-0.3, -0.25) is 9.59 Å². The highest BCUT2D eigenvalue weighted by Gasteiger charge is 2.28. The Balaban J connectivity index is 1.51. The van der Waals surface area contributed by atoms with Gasteiger partial charge in [0.25, 0.3) is 11.1 Å². The van der Waals surface area contributed by atoms with E-state index in [0.29, 0.717) is 25.9 Å². The predicted molar refractivity (Wildman–Crippen MR) is 91.7 cm³/mol. The van der Waals surface area contributed by atoms with E-state index in [9.17, 15) is 14.0 Å². The van der Waals surface area contributed by atoms with Crippen molar-refractivity contribution in [2.24, 2.45) is 5.92 Å². The topological polar surface area (TPSA) is 85.5 Å². The fourth-order valence-electron chi connectivity index (χ4n) is 2.76. The summed E-state index contributed by atoms with van der Waals surface area (Å²) in [5.41, 5.74) is 0.225. The van der Waals surface area contributed by atoms with Crippen molar-refractivity contribution >= 4 is 23.6 Å². The molecule has 0 bridgehead atoms. The molecule has 1 aliphatic rings. The quantitative estimate of drug-likeness (QED) is 0.582. The molecule has 7 nitrogen and oxygen atoms in total. The molecule has 138 valence electrons. The Morgan fingerprint density at radius 2 is 2.04 bits per heavy atom. The summed E-state index contributed by atoms with van der Waals surface area (Å²) in [6, 6.07) is 6.12. The molecule has 0 radical (unpaired) electrons. The summed E-state index contributed by atoms with van der Waals surface area (Å²) < 4.78 is 23.9. The summed E-state index contributed by atoms with van der Waals surface area (Å²) in [5.74, 6) is -0.658. The van der Waals surface area contributed by atoms with Crippen LogP contribution in [0.25, 0.3) is 11.5 Å². The number of methoxy groups -OCH3 is 1. The van der Waals surface area contributed by atoms with Crippen LogP contribution in [0.4, 0.5) is 4.39 Å². The van der Waals surface area contributed by atoms with Gasteiger partial charge in [0.15, 0.2) is 0 Å². The van der Waals surface area contributed by atoms with Crippen LogP contribution in [0.1, 0.15) is 12.8 Å². The number of halogens is 1. The lowest BCUT2D eigenvalue weighted by Gasteiger charge is -2.30. The number of hydrogen-bond acceptors (Lipinski definition) is 7. The number of thioether (sulfide) groups is 1. The Morgan fingerprint density at radius 1 is 1.31 bits per heavy atom. The number of esters is 1. The number of carbonyl (C=O) groups is 2. The highest BCUT2D eigenvalue weighted by molar-refractivity contribution is 7.99. The number of amides is 1. The van der Waals surface area contributed by atoms with Crippen LogP contribution in [0, 0.1) is 11.7 Å². The number of piperidine rings is 1. The molecule has 9 heteroatoms. The zero-order chi connectivity index (χ0) is 18.5. The second-order valence-electron chi connectivity index (χ2n) is 5.82. The summed E-state index contributed by atoms with van der Waals surface area (Å²) in [4.78, 5) is 25.5. The van der Waals surface area contributed by atoms with E-state index in [1.807, 2.05) is 0 Å². The molecule has 1 aromatic heterocycles. The molecule has 0 saturated carbocycles. The van der Waals surface area contributed by atoms with Crippen LogP contribution in [0.3, 0.4) is 0 Å². The van der Waals surface area contributed by atoms with Crippen molar-refractivity contribution in [1.29, 1.82) is 0 Å². The predicted octanol–water partition coefficient (Wildman–Crippen LogP) is 2.38. The normalized spacial score (nSPS) is 15.1. The molecule has 1 fully saturated rings. The lowest BCUT2D eigenvalue weighted by molar-refractivity contribution is -0.148. The third-order valence-corrected chi connectivity index (χ3v) is 5.02.